The SMILES string of the molecule is Cc1oc(C)c(S(=O)(=O)NC2CCN(C(C)(C)C)CC2)c1C(=O)O. The zero-order valence-electron chi connectivity index (χ0n) is 14.8. The fraction of sp³-hybridized carbons (Fsp3) is 0.688. The van der Waals surface area contributed by atoms with Crippen molar-refractivity contribution < 1.29 is 22.7 Å². The number of furan rings is 1. The van der Waals surface area contributed by atoms with Crippen LogP contribution in [-0.2, 0) is 10.0 Å². The first-order valence-electron chi connectivity index (χ1n) is 8.04. The molecule has 136 valence electrons. The third-order valence-electron chi connectivity index (χ3n) is 4.45. The van der Waals surface area contributed by atoms with Gasteiger partial charge in [-0.15, -0.1) is 0 Å². The summed E-state index contributed by atoms with van der Waals surface area (Å²) in [5, 5.41) is 9.29. The van der Waals surface area contributed by atoms with Crippen LogP contribution >= 0.6 is 0 Å². The quantitative estimate of drug-likeness (QED) is 0.855. The molecule has 2 rings (SSSR count). The van der Waals surface area contributed by atoms with Crippen LogP contribution in [0.5, 0.6) is 0 Å². The monoisotopic (exact) mass is 358 g/mol. The number of sulfonamides is 1. The molecule has 7 nitrogen and oxygen atoms in total. The van der Waals surface area contributed by atoms with Gasteiger partial charge in [0, 0.05) is 24.7 Å². The first-order chi connectivity index (χ1) is 10.9. The molecule has 0 radical (unpaired) electrons. The molecule has 0 saturated carbocycles. The van der Waals surface area contributed by atoms with E-state index in [1.165, 1.54) is 13.8 Å². The largest absolute Gasteiger partial charge is 0.478 e. The molecule has 1 aliphatic rings. The molecule has 1 fully saturated rings. The average Bonchev–Trinajstić information content (AvgIpc) is 2.73. The van der Waals surface area contributed by atoms with Gasteiger partial charge in [-0.1, -0.05) is 0 Å². The van der Waals surface area contributed by atoms with Gasteiger partial charge in [0.25, 0.3) is 0 Å². The third-order valence-corrected chi connectivity index (χ3v) is 6.13. The molecule has 24 heavy (non-hydrogen) atoms. The van der Waals surface area contributed by atoms with Crippen molar-refractivity contribution in [2.45, 2.75) is 63.9 Å². The molecule has 1 saturated heterocycles. The number of carbonyl (C=O) groups is 1. The Morgan fingerprint density at radius 2 is 1.75 bits per heavy atom. The van der Waals surface area contributed by atoms with Crippen molar-refractivity contribution in [3.05, 3.63) is 17.1 Å². The van der Waals surface area contributed by atoms with Crippen molar-refractivity contribution in [3.8, 4) is 0 Å². The van der Waals surface area contributed by atoms with Gasteiger partial charge in [0.05, 0.1) is 0 Å². The summed E-state index contributed by atoms with van der Waals surface area (Å²) in [7, 11) is -3.94. The molecule has 1 aromatic rings. The van der Waals surface area contributed by atoms with Gasteiger partial charge in [-0.3, -0.25) is 4.90 Å². The van der Waals surface area contributed by atoms with Crippen LogP contribution in [0.4, 0.5) is 0 Å². The highest BCUT2D eigenvalue weighted by Gasteiger charge is 2.34. The van der Waals surface area contributed by atoms with Crippen molar-refractivity contribution in [3.63, 3.8) is 0 Å². The number of nitrogens with zero attached hydrogens (tertiary/aromatic N) is 1. The van der Waals surface area contributed by atoms with Crippen LogP contribution in [-0.4, -0.2) is 49.1 Å². The molecule has 1 aliphatic heterocycles. The minimum atomic E-state index is -3.94. The van der Waals surface area contributed by atoms with E-state index in [1.54, 1.807) is 0 Å². The van der Waals surface area contributed by atoms with Gasteiger partial charge >= 0.3 is 5.97 Å². The van der Waals surface area contributed by atoms with Gasteiger partial charge in [0.1, 0.15) is 22.0 Å². The van der Waals surface area contributed by atoms with Crippen molar-refractivity contribution in [1.82, 2.24) is 9.62 Å². The number of nitrogens with one attached hydrogen (secondary N) is 1. The van der Waals surface area contributed by atoms with Gasteiger partial charge in [0.15, 0.2) is 0 Å². The molecule has 0 bridgehead atoms. The van der Waals surface area contributed by atoms with Crippen molar-refractivity contribution in [2.75, 3.05) is 13.1 Å². The average molecular weight is 358 g/mol. The summed E-state index contributed by atoms with van der Waals surface area (Å²) >= 11 is 0. The number of hydrogen-bond acceptors (Lipinski definition) is 5. The maximum atomic E-state index is 12.7. The summed E-state index contributed by atoms with van der Waals surface area (Å²) < 4.78 is 33.3. The van der Waals surface area contributed by atoms with Crippen LogP contribution < -0.4 is 4.72 Å². The Hall–Kier alpha value is -1.38. The predicted octanol–water partition coefficient (Wildman–Crippen LogP) is 2.14. The molecule has 2 N–H and O–H groups in total. The number of carboxylic acid groups (broad SMARTS) is 1. The number of likely N-dealkylation sites (tertiary alicyclic amines) is 1. The summed E-state index contributed by atoms with van der Waals surface area (Å²) in [5.41, 5.74) is -0.231. The van der Waals surface area contributed by atoms with Crippen molar-refractivity contribution in [1.29, 1.82) is 0 Å². The molecule has 8 heteroatoms. The molecule has 0 amide bonds. The van der Waals surface area contributed by atoms with E-state index in [9.17, 15) is 18.3 Å². The topological polar surface area (TPSA) is 99.9 Å². The number of piperidine rings is 1. The Morgan fingerprint density at radius 1 is 1.21 bits per heavy atom. The van der Waals surface area contributed by atoms with Gasteiger partial charge in [-0.05, 0) is 47.5 Å². The Balaban J connectivity index is 2.18. The number of aryl methyl sites for hydroxylation is 2. The van der Waals surface area contributed by atoms with Crippen LogP contribution in [0.1, 0.15) is 55.5 Å². The maximum absolute atomic E-state index is 12.7. The highest BCUT2D eigenvalue weighted by Crippen LogP contribution is 2.28. The van der Waals surface area contributed by atoms with E-state index in [-0.39, 0.29) is 33.6 Å². The highest BCUT2D eigenvalue weighted by molar-refractivity contribution is 7.89. The zero-order valence-corrected chi connectivity index (χ0v) is 15.7. The first kappa shape index (κ1) is 19.0. The number of aromatic carboxylic acids is 1. The standard InChI is InChI=1S/C16H26N2O5S/c1-10-13(15(19)20)14(11(2)23-10)24(21,22)17-12-6-8-18(9-7-12)16(3,4)5/h12,17H,6-9H2,1-5H3,(H,19,20). The molecule has 0 aliphatic carbocycles. The van der Waals surface area contributed by atoms with E-state index >= 15 is 0 Å². The van der Waals surface area contributed by atoms with Crippen molar-refractivity contribution >= 4 is 16.0 Å². The molecule has 0 aromatic carbocycles. The van der Waals surface area contributed by atoms with E-state index in [1.807, 2.05) is 0 Å². The summed E-state index contributed by atoms with van der Waals surface area (Å²) in [6.45, 7) is 10.9. The molecule has 1 aromatic heterocycles. The smallest absolute Gasteiger partial charge is 0.340 e. The lowest BCUT2D eigenvalue weighted by molar-refractivity contribution is 0.0691. The fourth-order valence-electron chi connectivity index (χ4n) is 3.18. The highest BCUT2D eigenvalue weighted by atomic mass is 32.2. The second-order valence-electron chi connectivity index (χ2n) is 7.28. The Morgan fingerprint density at radius 3 is 2.21 bits per heavy atom. The fourth-order valence-corrected chi connectivity index (χ4v) is 4.89. The van der Waals surface area contributed by atoms with Crippen LogP contribution in [0.25, 0.3) is 0 Å². The third kappa shape index (κ3) is 3.81. The predicted molar refractivity (Wildman–Crippen MR) is 89.8 cm³/mol. The first-order valence-corrected chi connectivity index (χ1v) is 9.52. The molecule has 0 spiro atoms. The van der Waals surface area contributed by atoms with Crippen molar-refractivity contribution in [2.24, 2.45) is 0 Å². The molecule has 0 unspecified atom stereocenters. The number of rotatable bonds is 4. The minimum Gasteiger partial charge on any atom is -0.478 e. The maximum Gasteiger partial charge on any atom is 0.340 e. The van der Waals surface area contributed by atoms with Gasteiger partial charge in [-0.25, -0.2) is 17.9 Å². The van der Waals surface area contributed by atoms with Crippen LogP contribution in [0, 0.1) is 13.8 Å². The normalized spacial score (nSPS) is 18.0. The Labute approximate surface area is 143 Å². The zero-order chi connectivity index (χ0) is 18.3. The van der Waals surface area contributed by atoms with Crippen LogP contribution in [0.3, 0.4) is 0 Å². The number of carboxylic acids is 1. The van der Waals surface area contributed by atoms with E-state index in [0.29, 0.717) is 12.8 Å². The van der Waals surface area contributed by atoms with Gasteiger partial charge in [-0.2, -0.15) is 0 Å². The summed E-state index contributed by atoms with van der Waals surface area (Å²) in [4.78, 5) is 13.4. The second kappa shape index (κ2) is 6.50. The summed E-state index contributed by atoms with van der Waals surface area (Å²) in [6, 6.07) is -0.204. The molecular formula is C16H26N2O5S. The Kier molecular flexibility index (Phi) is 5.13. The minimum absolute atomic E-state index is 0.0541. The molecular weight excluding hydrogens is 332 g/mol. The Bertz CT molecular complexity index is 722. The van der Waals surface area contributed by atoms with E-state index in [4.69, 9.17) is 4.42 Å². The van der Waals surface area contributed by atoms with Gasteiger partial charge in [0.2, 0.25) is 10.0 Å². The molecule has 2 heterocycles. The van der Waals surface area contributed by atoms with E-state index < -0.39 is 16.0 Å². The summed E-state index contributed by atoms with van der Waals surface area (Å²) in [5.74, 6) is -1.10. The van der Waals surface area contributed by atoms with Gasteiger partial charge < -0.3 is 9.52 Å². The lowest BCUT2D eigenvalue weighted by Gasteiger charge is -2.40. The second-order valence-corrected chi connectivity index (χ2v) is 8.93. The summed E-state index contributed by atoms with van der Waals surface area (Å²) in [6.07, 6.45) is 1.38. The lowest BCUT2D eigenvalue weighted by atomic mass is 9.99. The van der Waals surface area contributed by atoms with Crippen LogP contribution in [0.2, 0.25) is 0 Å². The van der Waals surface area contributed by atoms with Crippen LogP contribution in [0.15, 0.2) is 9.31 Å². The lowest BCUT2D eigenvalue weighted by Crippen LogP contribution is -2.50. The number of hydrogen-bond donors (Lipinski definition) is 2. The van der Waals surface area contributed by atoms with E-state index in [2.05, 4.69) is 30.4 Å². The van der Waals surface area contributed by atoms with E-state index in [0.717, 1.165) is 13.1 Å². The molecule has 0 atom stereocenters.